The fraction of sp³-hybridized carbons (Fsp3) is 0.231. The SMILES string of the molecule is O=C(NCC1CCOc2ccccc21)NC(Cn1cnc2ccccc21)c1ccc(F)cc1. The lowest BCUT2D eigenvalue weighted by molar-refractivity contribution is 0.231. The Kier molecular flexibility index (Phi) is 5.93. The number of halogens is 1. The molecule has 0 saturated heterocycles. The molecule has 1 aliphatic heterocycles. The van der Waals surface area contributed by atoms with Gasteiger partial charge in [-0.15, -0.1) is 0 Å². The Morgan fingerprint density at radius 3 is 2.76 bits per heavy atom. The third kappa shape index (κ3) is 4.67. The first-order valence-corrected chi connectivity index (χ1v) is 11.1. The Labute approximate surface area is 191 Å². The minimum Gasteiger partial charge on any atom is -0.493 e. The molecular formula is C26H25FN4O2. The zero-order valence-electron chi connectivity index (χ0n) is 18.1. The number of benzene rings is 3. The van der Waals surface area contributed by atoms with Crippen molar-refractivity contribution in [2.75, 3.05) is 13.2 Å². The van der Waals surface area contributed by atoms with Gasteiger partial charge in [0.1, 0.15) is 11.6 Å². The third-order valence-electron chi connectivity index (χ3n) is 6.08. The standard InChI is InChI=1S/C26H25FN4O2/c27-20-11-9-18(10-12-20)23(16-31-17-29-22-6-2-3-7-24(22)31)30-26(32)28-15-19-13-14-33-25-8-4-1-5-21(19)25/h1-12,17,19,23H,13-16H2,(H2,28,30,32). The van der Waals surface area contributed by atoms with Gasteiger partial charge in [0, 0.05) is 19.0 Å². The highest BCUT2D eigenvalue weighted by molar-refractivity contribution is 5.76. The molecule has 7 heteroatoms. The number of imidazole rings is 1. The smallest absolute Gasteiger partial charge is 0.315 e. The summed E-state index contributed by atoms with van der Waals surface area (Å²) in [5.41, 5.74) is 3.80. The van der Waals surface area contributed by atoms with Gasteiger partial charge in [0.2, 0.25) is 0 Å². The fourth-order valence-electron chi connectivity index (χ4n) is 4.34. The van der Waals surface area contributed by atoms with Crippen LogP contribution in [-0.2, 0) is 6.54 Å². The first-order valence-electron chi connectivity index (χ1n) is 11.1. The topological polar surface area (TPSA) is 68.2 Å². The molecule has 0 bridgehead atoms. The van der Waals surface area contributed by atoms with E-state index in [4.69, 9.17) is 4.74 Å². The van der Waals surface area contributed by atoms with Gasteiger partial charge in [-0.05, 0) is 47.9 Å². The highest BCUT2D eigenvalue weighted by Gasteiger charge is 2.22. The van der Waals surface area contributed by atoms with Crippen LogP contribution in [0, 0.1) is 5.82 Å². The third-order valence-corrected chi connectivity index (χ3v) is 6.08. The molecule has 1 aliphatic rings. The Hall–Kier alpha value is -3.87. The molecule has 168 valence electrons. The van der Waals surface area contributed by atoms with Crippen LogP contribution in [0.2, 0.25) is 0 Å². The number of para-hydroxylation sites is 3. The van der Waals surface area contributed by atoms with E-state index in [1.165, 1.54) is 12.1 Å². The number of fused-ring (bicyclic) bond motifs is 2. The second kappa shape index (κ2) is 9.32. The molecule has 1 aromatic heterocycles. The fourth-order valence-corrected chi connectivity index (χ4v) is 4.34. The molecule has 2 heterocycles. The molecule has 2 amide bonds. The predicted molar refractivity (Wildman–Crippen MR) is 125 cm³/mol. The molecule has 0 spiro atoms. The number of urea groups is 1. The monoisotopic (exact) mass is 444 g/mol. The van der Waals surface area contributed by atoms with Crippen molar-refractivity contribution < 1.29 is 13.9 Å². The van der Waals surface area contributed by atoms with Crippen LogP contribution in [0.1, 0.15) is 29.5 Å². The first-order chi connectivity index (χ1) is 16.2. The van der Waals surface area contributed by atoms with Crippen LogP contribution < -0.4 is 15.4 Å². The van der Waals surface area contributed by atoms with Crippen LogP contribution in [0.4, 0.5) is 9.18 Å². The van der Waals surface area contributed by atoms with Crippen LogP contribution in [0.5, 0.6) is 5.75 Å². The lowest BCUT2D eigenvalue weighted by atomic mass is 9.93. The van der Waals surface area contributed by atoms with Gasteiger partial charge in [0.05, 0.1) is 30.0 Å². The van der Waals surface area contributed by atoms with E-state index in [0.29, 0.717) is 19.7 Å². The number of nitrogens with one attached hydrogen (secondary N) is 2. The summed E-state index contributed by atoms with van der Waals surface area (Å²) < 4.78 is 21.2. The summed E-state index contributed by atoms with van der Waals surface area (Å²) in [5.74, 6) is 0.767. The van der Waals surface area contributed by atoms with Crippen molar-refractivity contribution in [3.63, 3.8) is 0 Å². The van der Waals surface area contributed by atoms with Gasteiger partial charge in [-0.3, -0.25) is 0 Å². The molecule has 4 aromatic rings. The van der Waals surface area contributed by atoms with Crippen molar-refractivity contribution in [3.05, 3.63) is 96.1 Å². The number of ether oxygens (including phenoxy) is 1. The first kappa shape index (κ1) is 21.0. The van der Waals surface area contributed by atoms with Crippen molar-refractivity contribution in [1.82, 2.24) is 20.2 Å². The average Bonchev–Trinajstić information content (AvgIpc) is 3.25. The number of amides is 2. The lowest BCUT2D eigenvalue weighted by Gasteiger charge is -2.26. The lowest BCUT2D eigenvalue weighted by Crippen LogP contribution is -2.41. The van der Waals surface area contributed by atoms with Gasteiger partial charge in [0.25, 0.3) is 0 Å². The van der Waals surface area contributed by atoms with E-state index in [2.05, 4.69) is 15.6 Å². The van der Waals surface area contributed by atoms with Gasteiger partial charge >= 0.3 is 6.03 Å². The molecule has 0 saturated carbocycles. The molecule has 0 fully saturated rings. The van der Waals surface area contributed by atoms with Gasteiger partial charge in [-0.2, -0.15) is 0 Å². The normalized spacial score (nSPS) is 16.0. The molecule has 2 N–H and O–H groups in total. The summed E-state index contributed by atoms with van der Waals surface area (Å²) in [7, 11) is 0. The van der Waals surface area contributed by atoms with Crippen molar-refractivity contribution in [3.8, 4) is 5.75 Å². The second-order valence-corrected chi connectivity index (χ2v) is 8.22. The summed E-state index contributed by atoms with van der Waals surface area (Å²) in [4.78, 5) is 17.3. The maximum atomic E-state index is 13.5. The number of aromatic nitrogens is 2. The molecule has 2 atom stereocenters. The molecule has 2 unspecified atom stereocenters. The maximum Gasteiger partial charge on any atom is 0.315 e. The molecule has 6 nitrogen and oxygen atoms in total. The number of carbonyl (C=O) groups is 1. The molecular weight excluding hydrogens is 419 g/mol. The van der Waals surface area contributed by atoms with E-state index in [1.54, 1.807) is 18.5 Å². The van der Waals surface area contributed by atoms with Crippen LogP contribution in [-0.4, -0.2) is 28.7 Å². The summed E-state index contributed by atoms with van der Waals surface area (Å²) in [5, 5.41) is 6.08. The number of hydrogen-bond acceptors (Lipinski definition) is 3. The van der Waals surface area contributed by atoms with E-state index in [9.17, 15) is 9.18 Å². The Balaban J connectivity index is 1.31. The van der Waals surface area contributed by atoms with E-state index in [1.807, 2.05) is 53.1 Å². The summed E-state index contributed by atoms with van der Waals surface area (Å²) >= 11 is 0. The predicted octanol–water partition coefficient (Wildman–Crippen LogP) is 4.78. The molecule has 33 heavy (non-hydrogen) atoms. The maximum absolute atomic E-state index is 13.5. The number of carbonyl (C=O) groups excluding carboxylic acids is 1. The van der Waals surface area contributed by atoms with Gasteiger partial charge in [-0.1, -0.05) is 42.5 Å². The number of hydrogen-bond donors (Lipinski definition) is 2. The van der Waals surface area contributed by atoms with E-state index in [-0.39, 0.29) is 23.8 Å². The Morgan fingerprint density at radius 1 is 1.09 bits per heavy atom. The minimum absolute atomic E-state index is 0.197. The molecule has 0 radical (unpaired) electrons. The van der Waals surface area contributed by atoms with Gasteiger partial charge in [-0.25, -0.2) is 14.2 Å². The highest BCUT2D eigenvalue weighted by Crippen LogP contribution is 2.32. The van der Waals surface area contributed by atoms with E-state index < -0.39 is 0 Å². The van der Waals surface area contributed by atoms with Crippen LogP contribution >= 0.6 is 0 Å². The quantitative estimate of drug-likeness (QED) is 0.450. The summed E-state index contributed by atoms with van der Waals surface area (Å²) in [6.45, 7) is 1.62. The van der Waals surface area contributed by atoms with Crippen molar-refractivity contribution >= 4 is 17.1 Å². The summed E-state index contributed by atoms with van der Waals surface area (Å²) in [6, 6.07) is 21.4. The van der Waals surface area contributed by atoms with Gasteiger partial charge in [0.15, 0.2) is 0 Å². The van der Waals surface area contributed by atoms with Crippen LogP contribution in [0.15, 0.2) is 79.1 Å². The zero-order chi connectivity index (χ0) is 22.6. The largest absolute Gasteiger partial charge is 0.493 e. The highest BCUT2D eigenvalue weighted by atomic mass is 19.1. The number of rotatable bonds is 6. The molecule has 5 rings (SSSR count). The zero-order valence-corrected chi connectivity index (χ0v) is 18.1. The Morgan fingerprint density at radius 2 is 1.88 bits per heavy atom. The van der Waals surface area contributed by atoms with Crippen LogP contribution in [0.25, 0.3) is 11.0 Å². The van der Waals surface area contributed by atoms with E-state index in [0.717, 1.165) is 34.3 Å². The second-order valence-electron chi connectivity index (χ2n) is 8.22. The number of nitrogens with zero attached hydrogens (tertiary/aromatic N) is 2. The molecule has 3 aromatic carbocycles. The van der Waals surface area contributed by atoms with Gasteiger partial charge < -0.3 is 19.9 Å². The van der Waals surface area contributed by atoms with Crippen molar-refractivity contribution in [1.29, 1.82) is 0 Å². The van der Waals surface area contributed by atoms with Crippen LogP contribution in [0.3, 0.4) is 0 Å². The van der Waals surface area contributed by atoms with Crippen molar-refractivity contribution in [2.45, 2.75) is 24.9 Å². The molecule has 0 aliphatic carbocycles. The van der Waals surface area contributed by atoms with E-state index >= 15 is 0 Å². The summed E-state index contributed by atoms with van der Waals surface area (Å²) in [6.07, 6.45) is 2.61. The Bertz CT molecular complexity index is 1250. The minimum atomic E-state index is -0.356. The average molecular weight is 445 g/mol. The van der Waals surface area contributed by atoms with Crippen molar-refractivity contribution in [2.24, 2.45) is 0 Å².